The van der Waals surface area contributed by atoms with Crippen molar-refractivity contribution in [1.82, 2.24) is 5.32 Å². The quantitative estimate of drug-likeness (QED) is 0.562. The molecular formula is C9H21NO2. The molecule has 3 heteroatoms. The minimum Gasteiger partial charge on any atom is -0.395 e. The highest BCUT2D eigenvalue weighted by atomic mass is 16.5. The second kappa shape index (κ2) is 7.53. The van der Waals surface area contributed by atoms with Crippen molar-refractivity contribution in [2.24, 2.45) is 0 Å². The summed E-state index contributed by atoms with van der Waals surface area (Å²) >= 11 is 0. The first-order valence-electron chi connectivity index (χ1n) is 4.65. The van der Waals surface area contributed by atoms with Crippen LogP contribution < -0.4 is 5.32 Å². The second-order valence-corrected chi connectivity index (χ2v) is 3.28. The molecule has 0 fully saturated rings. The zero-order chi connectivity index (χ0) is 9.40. The molecule has 1 unspecified atom stereocenters. The third kappa shape index (κ3) is 6.58. The maximum absolute atomic E-state index is 8.93. The van der Waals surface area contributed by atoms with Gasteiger partial charge in [-0.3, -0.25) is 0 Å². The lowest BCUT2D eigenvalue weighted by atomic mass is 10.3. The second-order valence-electron chi connectivity index (χ2n) is 3.28. The van der Waals surface area contributed by atoms with Crippen LogP contribution >= 0.6 is 0 Å². The first kappa shape index (κ1) is 11.9. The molecule has 0 heterocycles. The Labute approximate surface area is 75.1 Å². The van der Waals surface area contributed by atoms with Gasteiger partial charge in [-0.05, 0) is 6.42 Å². The van der Waals surface area contributed by atoms with E-state index in [1.54, 1.807) is 0 Å². The van der Waals surface area contributed by atoms with Crippen molar-refractivity contribution in [2.45, 2.75) is 39.3 Å². The molecule has 2 N–H and O–H groups in total. The van der Waals surface area contributed by atoms with Crippen LogP contribution in [0.3, 0.4) is 0 Å². The van der Waals surface area contributed by atoms with E-state index in [1.165, 1.54) is 0 Å². The van der Waals surface area contributed by atoms with E-state index in [1.807, 2.05) is 0 Å². The molecule has 0 aromatic rings. The van der Waals surface area contributed by atoms with Crippen LogP contribution in [0.4, 0.5) is 0 Å². The molecule has 74 valence electrons. The van der Waals surface area contributed by atoms with Gasteiger partial charge in [0, 0.05) is 12.6 Å². The van der Waals surface area contributed by atoms with Gasteiger partial charge in [-0.2, -0.15) is 0 Å². The molecule has 0 radical (unpaired) electrons. The summed E-state index contributed by atoms with van der Waals surface area (Å²) in [6.07, 6.45) is 1.03. The van der Waals surface area contributed by atoms with Crippen molar-refractivity contribution in [3.05, 3.63) is 0 Å². The van der Waals surface area contributed by atoms with Crippen molar-refractivity contribution < 1.29 is 9.84 Å². The highest BCUT2D eigenvalue weighted by molar-refractivity contribution is 4.66. The van der Waals surface area contributed by atoms with Crippen molar-refractivity contribution in [1.29, 1.82) is 0 Å². The van der Waals surface area contributed by atoms with E-state index in [2.05, 4.69) is 26.1 Å². The zero-order valence-corrected chi connectivity index (χ0v) is 8.34. The standard InChI is InChI=1S/C9H21NO2/c1-4-5-12-7-9(6-11)10-8(2)3/h8-11H,4-7H2,1-3H3. The van der Waals surface area contributed by atoms with Crippen molar-refractivity contribution >= 4 is 0 Å². The third-order valence-electron chi connectivity index (χ3n) is 1.46. The van der Waals surface area contributed by atoms with Gasteiger partial charge in [0.1, 0.15) is 0 Å². The van der Waals surface area contributed by atoms with Crippen LogP contribution in [0.1, 0.15) is 27.2 Å². The molecule has 0 rings (SSSR count). The number of hydrogen-bond donors (Lipinski definition) is 2. The Morgan fingerprint density at radius 2 is 2.08 bits per heavy atom. The molecule has 0 aromatic carbocycles. The molecule has 0 saturated carbocycles. The SMILES string of the molecule is CCCOCC(CO)NC(C)C. The molecule has 0 saturated heterocycles. The molecule has 0 aliphatic carbocycles. The average Bonchev–Trinajstić information content (AvgIpc) is 2.02. The smallest absolute Gasteiger partial charge is 0.0642 e. The van der Waals surface area contributed by atoms with E-state index < -0.39 is 0 Å². The van der Waals surface area contributed by atoms with E-state index in [9.17, 15) is 0 Å². The van der Waals surface area contributed by atoms with Gasteiger partial charge in [-0.15, -0.1) is 0 Å². The lowest BCUT2D eigenvalue weighted by Crippen LogP contribution is -2.40. The molecule has 3 nitrogen and oxygen atoms in total. The van der Waals surface area contributed by atoms with E-state index in [-0.39, 0.29) is 12.6 Å². The Morgan fingerprint density at radius 1 is 1.42 bits per heavy atom. The van der Waals surface area contributed by atoms with Gasteiger partial charge >= 0.3 is 0 Å². The van der Waals surface area contributed by atoms with Gasteiger partial charge in [0.15, 0.2) is 0 Å². The average molecular weight is 175 g/mol. The maximum Gasteiger partial charge on any atom is 0.0642 e. The molecule has 0 aliphatic rings. The molecular weight excluding hydrogens is 154 g/mol. The lowest BCUT2D eigenvalue weighted by molar-refractivity contribution is 0.0862. The van der Waals surface area contributed by atoms with E-state index in [0.717, 1.165) is 13.0 Å². The summed E-state index contributed by atoms with van der Waals surface area (Å²) < 4.78 is 5.31. The van der Waals surface area contributed by atoms with Crippen LogP contribution in [0.25, 0.3) is 0 Å². The number of hydrogen-bond acceptors (Lipinski definition) is 3. The first-order valence-corrected chi connectivity index (χ1v) is 4.65. The van der Waals surface area contributed by atoms with Gasteiger partial charge in [0.05, 0.1) is 19.3 Å². The molecule has 0 amide bonds. The monoisotopic (exact) mass is 175 g/mol. The minimum absolute atomic E-state index is 0.0801. The molecule has 0 bridgehead atoms. The van der Waals surface area contributed by atoms with Crippen molar-refractivity contribution in [3.8, 4) is 0 Å². The summed E-state index contributed by atoms with van der Waals surface area (Å²) in [5.74, 6) is 0. The number of aliphatic hydroxyl groups is 1. The van der Waals surface area contributed by atoms with Crippen LogP contribution in [-0.4, -0.2) is 37.0 Å². The Bertz CT molecular complexity index is 96.5. The normalized spacial score (nSPS) is 13.8. The number of ether oxygens (including phenoxy) is 1. The summed E-state index contributed by atoms with van der Waals surface area (Å²) in [5.41, 5.74) is 0. The molecule has 12 heavy (non-hydrogen) atoms. The van der Waals surface area contributed by atoms with E-state index in [4.69, 9.17) is 9.84 Å². The lowest BCUT2D eigenvalue weighted by Gasteiger charge is -2.18. The highest BCUT2D eigenvalue weighted by Gasteiger charge is 2.07. The Kier molecular flexibility index (Phi) is 7.45. The summed E-state index contributed by atoms with van der Waals surface area (Å²) in [4.78, 5) is 0. The fraction of sp³-hybridized carbons (Fsp3) is 1.00. The van der Waals surface area contributed by atoms with Crippen LogP contribution in [0, 0.1) is 0 Å². The fourth-order valence-corrected chi connectivity index (χ4v) is 0.995. The van der Waals surface area contributed by atoms with Crippen LogP contribution in [-0.2, 0) is 4.74 Å². The summed E-state index contributed by atoms with van der Waals surface area (Å²) in [6, 6.07) is 0.476. The summed E-state index contributed by atoms with van der Waals surface area (Å²) in [6.45, 7) is 7.70. The predicted molar refractivity (Wildman–Crippen MR) is 50.3 cm³/mol. The van der Waals surface area contributed by atoms with Gasteiger partial charge in [0.25, 0.3) is 0 Å². The van der Waals surface area contributed by atoms with E-state index in [0.29, 0.717) is 12.6 Å². The minimum atomic E-state index is 0.0801. The number of aliphatic hydroxyl groups excluding tert-OH is 1. The number of rotatable bonds is 7. The van der Waals surface area contributed by atoms with Gasteiger partial charge in [-0.25, -0.2) is 0 Å². The van der Waals surface area contributed by atoms with Crippen molar-refractivity contribution in [3.63, 3.8) is 0 Å². The molecule has 0 aromatic heterocycles. The van der Waals surface area contributed by atoms with Gasteiger partial charge in [-0.1, -0.05) is 20.8 Å². The van der Waals surface area contributed by atoms with E-state index >= 15 is 0 Å². The van der Waals surface area contributed by atoms with Crippen LogP contribution in [0.2, 0.25) is 0 Å². The predicted octanol–water partition coefficient (Wildman–Crippen LogP) is 0.772. The topological polar surface area (TPSA) is 41.5 Å². The third-order valence-corrected chi connectivity index (χ3v) is 1.46. The first-order chi connectivity index (χ1) is 5.70. The summed E-state index contributed by atoms with van der Waals surface area (Å²) in [7, 11) is 0. The van der Waals surface area contributed by atoms with Crippen LogP contribution in [0.15, 0.2) is 0 Å². The largest absolute Gasteiger partial charge is 0.395 e. The molecule has 0 spiro atoms. The molecule has 1 atom stereocenters. The Morgan fingerprint density at radius 3 is 2.50 bits per heavy atom. The molecule has 0 aliphatic heterocycles. The van der Waals surface area contributed by atoms with Gasteiger partial charge in [0.2, 0.25) is 0 Å². The Balaban J connectivity index is 3.39. The van der Waals surface area contributed by atoms with Crippen LogP contribution in [0.5, 0.6) is 0 Å². The maximum atomic E-state index is 8.93. The van der Waals surface area contributed by atoms with Gasteiger partial charge < -0.3 is 15.2 Å². The Hall–Kier alpha value is -0.120. The summed E-state index contributed by atoms with van der Waals surface area (Å²) in [5, 5.41) is 12.1. The highest BCUT2D eigenvalue weighted by Crippen LogP contribution is 1.89. The zero-order valence-electron chi connectivity index (χ0n) is 8.34. The number of nitrogens with one attached hydrogen (secondary N) is 1. The fourth-order valence-electron chi connectivity index (χ4n) is 0.995. The van der Waals surface area contributed by atoms with Crippen molar-refractivity contribution in [2.75, 3.05) is 19.8 Å².